The van der Waals surface area contributed by atoms with Crippen molar-refractivity contribution in [3.05, 3.63) is 24.3 Å². The van der Waals surface area contributed by atoms with Crippen molar-refractivity contribution in [3.8, 4) is 0 Å². The quantitative estimate of drug-likeness (QED) is 0.563. The third-order valence-corrected chi connectivity index (χ3v) is 7.98. The average molecular weight is 387 g/mol. The van der Waals surface area contributed by atoms with Crippen molar-refractivity contribution in [3.63, 3.8) is 0 Å². The normalized spacial score (nSPS) is 22.9. The molecule has 1 aromatic heterocycles. The van der Waals surface area contributed by atoms with E-state index in [9.17, 15) is 8.42 Å². The number of nitrogens with zero attached hydrogens (tertiary/aromatic N) is 2. The van der Waals surface area contributed by atoms with Gasteiger partial charge in [0.15, 0.2) is 4.34 Å². The van der Waals surface area contributed by atoms with E-state index < -0.39 is 10.0 Å². The largest absolute Gasteiger partial charge is 0.373 e. The summed E-state index contributed by atoms with van der Waals surface area (Å²) < 4.78 is 34.3. The number of thioether (sulfide) groups is 1. The lowest BCUT2D eigenvalue weighted by Crippen LogP contribution is -2.48. The van der Waals surface area contributed by atoms with Crippen molar-refractivity contribution in [2.24, 2.45) is 0 Å². The molecule has 1 aliphatic rings. The van der Waals surface area contributed by atoms with E-state index in [4.69, 9.17) is 4.74 Å². The summed E-state index contributed by atoms with van der Waals surface area (Å²) in [5.41, 5.74) is 1.01. The first-order chi connectivity index (χ1) is 11.4. The van der Waals surface area contributed by atoms with E-state index in [0.717, 1.165) is 15.6 Å². The summed E-state index contributed by atoms with van der Waals surface area (Å²) >= 11 is 3.29. The molecule has 5 nitrogen and oxygen atoms in total. The summed E-state index contributed by atoms with van der Waals surface area (Å²) in [6.07, 6.45) is 0.546. The van der Waals surface area contributed by atoms with E-state index in [1.54, 1.807) is 27.4 Å². The van der Waals surface area contributed by atoms with Gasteiger partial charge in [-0.15, -0.1) is 11.3 Å². The zero-order valence-electron chi connectivity index (χ0n) is 13.8. The third-order valence-electron chi connectivity index (χ3n) is 3.83. The number of benzene rings is 1. The molecular weight excluding hydrogens is 364 g/mol. The minimum atomic E-state index is -3.21. The lowest BCUT2D eigenvalue weighted by Gasteiger charge is -2.34. The van der Waals surface area contributed by atoms with Crippen LogP contribution >= 0.6 is 23.1 Å². The molecule has 1 fully saturated rings. The van der Waals surface area contributed by atoms with Gasteiger partial charge in [0, 0.05) is 18.8 Å². The Balaban J connectivity index is 1.50. The van der Waals surface area contributed by atoms with Crippen LogP contribution in [0.1, 0.15) is 20.3 Å². The maximum Gasteiger partial charge on any atom is 0.214 e. The molecule has 0 radical (unpaired) electrons. The molecule has 0 spiro atoms. The number of hydrogen-bond donors (Lipinski definition) is 0. The summed E-state index contributed by atoms with van der Waals surface area (Å²) in [5.74, 6) is 0.943. The van der Waals surface area contributed by atoms with Gasteiger partial charge in [-0.3, -0.25) is 0 Å². The van der Waals surface area contributed by atoms with E-state index >= 15 is 0 Å². The second-order valence-electron chi connectivity index (χ2n) is 6.04. The van der Waals surface area contributed by atoms with Crippen molar-refractivity contribution in [1.29, 1.82) is 0 Å². The van der Waals surface area contributed by atoms with Gasteiger partial charge in [0.25, 0.3) is 0 Å². The second-order valence-corrected chi connectivity index (χ2v) is 10.5. The maximum absolute atomic E-state index is 12.5. The first kappa shape index (κ1) is 18.1. The number of fused-ring (bicyclic) bond motifs is 1. The number of hydrogen-bond acceptors (Lipinski definition) is 6. The van der Waals surface area contributed by atoms with Gasteiger partial charge in [0.05, 0.1) is 28.2 Å². The standard InChI is InChI=1S/C16H22N2O3S3/c1-12-10-18(11-13(2)21-12)24(19,20)9-5-8-22-16-17-14-6-3-4-7-15(14)23-16/h3-4,6-7,12-13H,5,8-11H2,1-2H3/t12-,13+. The Labute approximate surface area is 151 Å². The van der Waals surface area contributed by atoms with Crippen LogP contribution in [-0.2, 0) is 14.8 Å². The zero-order chi connectivity index (χ0) is 17.2. The topological polar surface area (TPSA) is 59.5 Å². The maximum atomic E-state index is 12.5. The molecule has 24 heavy (non-hydrogen) atoms. The van der Waals surface area contributed by atoms with Gasteiger partial charge in [0.2, 0.25) is 10.0 Å². The number of thiazole rings is 1. The monoisotopic (exact) mass is 386 g/mol. The summed E-state index contributed by atoms with van der Waals surface area (Å²) in [4.78, 5) is 4.56. The summed E-state index contributed by atoms with van der Waals surface area (Å²) in [5, 5.41) is 0. The van der Waals surface area contributed by atoms with Crippen LogP contribution in [0, 0.1) is 0 Å². The van der Waals surface area contributed by atoms with E-state index in [1.165, 1.54) is 4.70 Å². The molecule has 3 rings (SSSR count). The van der Waals surface area contributed by atoms with Crippen molar-refractivity contribution in [1.82, 2.24) is 9.29 Å². The van der Waals surface area contributed by atoms with Crippen LogP contribution in [0.3, 0.4) is 0 Å². The number of aromatic nitrogens is 1. The Morgan fingerprint density at radius 1 is 1.29 bits per heavy atom. The average Bonchev–Trinajstić information content (AvgIpc) is 2.93. The number of morpholine rings is 1. The first-order valence-electron chi connectivity index (χ1n) is 8.06. The van der Waals surface area contributed by atoms with Crippen molar-refractivity contribution >= 4 is 43.3 Å². The molecule has 132 valence electrons. The Morgan fingerprint density at radius 3 is 2.71 bits per heavy atom. The fourth-order valence-corrected chi connectivity index (χ4v) is 6.70. The van der Waals surface area contributed by atoms with Crippen LogP contribution in [0.5, 0.6) is 0 Å². The molecule has 1 saturated heterocycles. The van der Waals surface area contributed by atoms with E-state index in [2.05, 4.69) is 11.1 Å². The number of sulfonamides is 1. The van der Waals surface area contributed by atoms with Gasteiger partial charge in [0.1, 0.15) is 0 Å². The fourth-order valence-electron chi connectivity index (χ4n) is 2.80. The molecule has 0 saturated carbocycles. The zero-order valence-corrected chi connectivity index (χ0v) is 16.3. The Bertz CT molecular complexity index is 748. The molecule has 1 aromatic carbocycles. The van der Waals surface area contributed by atoms with E-state index in [-0.39, 0.29) is 18.0 Å². The Hall–Kier alpha value is -0.670. The van der Waals surface area contributed by atoms with Crippen LogP contribution in [0.25, 0.3) is 10.2 Å². The van der Waals surface area contributed by atoms with Crippen LogP contribution in [-0.4, -0.2) is 54.5 Å². The second kappa shape index (κ2) is 7.70. The molecule has 0 N–H and O–H groups in total. The predicted octanol–water partition coefficient (Wildman–Crippen LogP) is 3.22. The SMILES string of the molecule is C[C@@H]1CN(S(=O)(=O)CCCSc2nc3ccccc3s2)C[C@H](C)O1. The predicted molar refractivity (Wildman–Crippen MR) is 100 cm³/mol. The van der Waals surface area contributed by atoms with Crippen LogP contribution in [0.2, 0.25) is 0 Å². The fraction of sp³-hybridized carbons (Fsp3) is 0.562. The summed E-state index contributed by atoms with van der Waals surface area (Å²) in [6, 6.07) is 8.04. The van der Waals surface area contributed by atoms with Crippen molar-refractivity contribution < 1.29 is 13.2 Å². The first-order valence-corrected chi connectivity index (χ1v) is 11.5. The highest BCUT2D eigenvalue weighted by Crippen LogP contribution is 2.29. The van der Waals surface area contributed by atoms with Crippen molar-refractivity contribution in [2.75, 3.05) is 24.6 Å². The van der Waals surface area contributed by atoms with Crippen molar-refractivity contribution in [2.45, 2.75) is 36.8 Å². The highest BCUT2D eigenvalue weighted by molar-refractivity contribution is 8.01. The molecule has 0 aliphatic carbocycles. The number of ether oxygens (including phenoxy) is 1. The lowest BCUT2D eigenvalue weighted by molar-refractivity contribution is -0.0440. The van der Waals surface area contributed by atoms with E-state index in [0.29, 0.717) is 19.5 Å². The molecule has 2 heterocycles. The molecule has 8 heteroatoms. The Morgan fingerprint density at radius 2 is 2.00 bits per heavy atom. The highest BCUT2D eigenvalue weighted by atomic mass is 32.2. The molecule has 0 unspecified atom stereocenters. The highest BCUT2D eigenvalue weighted by Gasteiger charge is 2.30. The lowest BCUT2D eigenvalue weighted by atomic mass is 10.3. The molecule has 0 bridgehead atoms. The van der Waals surface area contributed by atoms with Gasteiger partial charge < -0.3 is 4.74 Å². The molecule has 2 aromatic rings. The number of para-hydroxylation sites is 1. The molecule has 1 aliphatic heterocycles. The summed E-state index contributed by atoms with van der Waals surface area (Å²) in [6.45, 7) is 4.75. The summed E-state index contributed by atoms with van der Waals surface area (Å²) in [7, 11) is -3.21. The number of rotatable bonds is 6. The van der Waals surface area contributed by atoms with E-state index in [1.807, 2.05) is 32.0 Å². The molecule has 0 amide bonds. The smallest absolute Gasteiger partial charge is 0.214 e. The molecule has 2 atom stereocenters. The van der Waals surface area contributed by atoms with Crippen LogP contribution < -0.4 is 0 Å². The minimum Gasteiger partial charge on any atom is -0.373 e. The van der Waals surface area contributed by atoms with Gasteiger partial charge in [-0.2, -0.15) is 4.31 Å². The minimum absolute atomic E-state index is 0.0411. The molecular formula is C16H22N2O3S3. The van der Waals surface area contributed by atoms with Gasteiger partial charge >= 0.3 is 0 Å². The van der Waals surface area contributed by atoms with Gasteiger partial charge in [-0.25, -0.2) is 13.4 Å². The van der Waals surface area contributed by atoms with Gasteiger partial charge in [-0.05, 0) is 32.4 Å². The Kier molecular flexibility index (Phi) is 5.82. The van der Waals surface area contributed by atoms with Crippen LogP contribution in [0.15, 0.2) is 28.6 Å². The third kappa shape index (κ3) is 4.49. The van der Waals surface area contributed by atoms with Gasteiger partial charge in [-0.1, -0.05) is 23.9 Å². The van der Waals surface area contributed by atoms with Crippen LogP contribution in [0.4, 0.5) is 0 Å².